The molecular weight excluding hydrogens is 360 g/mol. The van der Waals surface area contributed by atoms with Crippen molar-refractivity contribution in [2.24, 2.45) is 19.8 Å². The SMILES string of the molecule is Cn1cnc2c1c(=O)n(CC(=O)N(CCN)CCc1ccccc1)c(=O)n2C. The molecule has 0 radical (unpaired) electrons. The minimum Gasteiger partial charge on any atom is -0.340 e. The summed E-state index contributed by atoms with van der Waals surface area (Å²) in [6.45, 7) is 0.785. The molecule has 1 aromatic carbocycles. The average Bonchev–Trinajstić information content (AvgIpc) is 3.09. The van der Waals surface area contributed by atoms with Gasteiger partial charge in [-0.2, -0.15) is 0 Å². The van der Waals surface area contributed by atoms with Crippen LogP contribution in [0.4, 0.5) is 0 Å². The Balaban J connectivity index is 1.86. The lowest BCUT2D eigenvalue weighted by Crippen LogP contribution is -2.46. The van der Waals surface area contributed by atoms with Crippen molar-refractivity contribution in [2.45, 2.75) is 13.0 Å². The van der Waals surface area contributed by atoms with Crippen molar-refractivity contribution < 1.29 is 4.79 Å². The molecule has 3 aromatic rings. The average molecular weight is 384 g/mol. The van der Waals surface area contributed by atoms with Crippen LogP contribution < -0.4 is 17.0 Å². The molecule has 2 aromatic heterocycles. The highest BCUT2D eigenvalue weighted by Gasteiger charge is 2.20. The summed E-state index contributed by atoms with van der Waals surface area (Å²) in [7, 11) is 3.21. The van der Waals surface area contributed by atoms with Crippen LogP contribution in [-0.4, -0.2) is 49.1 Å². The first-order valence-electron chi connectivity index (χ1n) is 9.06. The number of amides is 1. The van der Waals surface area contributed by atoms with Gasteiger partial charge in [-0.25, -0.2) is 14.3 Å². The highest BCUT2D eigenvalue weighted by atomic mass is 16.2. The summed E-state index contributed by atoms with van der Waals surface area (Å²) in [6, 6.07) is 9.79. The van der Waals surface area contributed by atoms with Crippen LogP contribution in [0.15, 0.2) is 46.2 Å². The lowest BCUT2D eigenvalue weighted by molar-refractivity contribution is -0.131. The van der Waals surface area contributed by atoms with Gasteiger partial charge in [0, 0.05) is 33.7 Å². The van der Waals surface area contributed by atoms with Crippen molar-refractivity contribution in [3.8, 4) is 0 Å². The third kappa shape index (κ3) is 3.74. The van der Waals surface area contributed by atoms with Gasteiger partial charge in [0.1, 0.15) is 6.54 Å². The minimum absolute atomic E-state index is 0.282. The molecule has 3 rings (SSSR count). The Morgan fingerprint density at radius 3 is 2.54 bits per heavy atom. The molecule has 0 saturated carbocycles. The summed E-state index contributed by atoms with van der Waals surface area (Å²) >= 11 is 0. The molecule has 0 atom stereocenters. The van der Waals surface area contributed by atoms with E-state index in [1.165, 1.54) is 17.9 Å². The standard InChI is InChI=1S/C19H24N6O3/c1-22-13-21-17-16(22)18(27)25(19(28)23(17)2)12-15(26)24(11-9-20)10-8-14-6-4-3-5-7-14/h3-7,13H,8-12,20H2,1-2H3. The van der Waals surface area contributed by atoms with Crippen LogP contribution in [0.25, 0.3) is 11.2 Å². The first-order valence-corrected chi connectivity index (χ1v) is 9.06. The number of hydrogen-bond acceptors (Lipinski definition) is 5. The summed E-state index contributed by atoms with van der Waals surface area (Å²) in [4.78, 5) is 43.9. The van der Waals surface area contributed by atoms with E-state index in [-0.39, 0.29) is 18.0 Å². The van der Waals surface area contributed by atoms with E-state index < -0.39 is 11.2 Å². The topological polar surface area (TPSA) is 108 Å². The third-order valence-corrected chi connectivity index (χ3v) is 4.76. The van der Waals surface area contributed by atoms with Crippen LogP contribution in [0.3, 0.4) is 0 Å². The van der Waals surface area contributed by atoms with Gasteiger partial charge in [-0.05, 0) is 12.0 Å². The van der Waals surface area contributed by atoms with Crippen LogP contribution in [0, 0.1) is 0 Å². The third-order valence-electron chi connectivity index (χ3n) is 4.76. The Morgan fingerprint density at radius 1 is 1.14 bits per heavy atom. The van der Waals surface area contributed by atoms with Gasteiger partial charge in [0.2, 0.25) is 5.91 Å². The molecule has 2 N–H and O–H groups in total. The Morgan fingerprint density at radius 2 is 1.86 bits per heavy atom. The molecule has 0 spiro atoms. The van der Waals surface area contributed by atoms with Crippen LogP contribution in [0.1, 0.15) is 5.56 Å². The quantitative estimate of drug-likeness (QED) is 0.589. The fraction of sp³-hybridized carbons (Fsp3) is 0.368. The van der Waals surface area contributed by atoms with Gasteiger partial charge in [0.25, 0.3) is 5.56 Å². The van der Waals surface area contributed by atoms with E-state index in [4.69, 9.17) is 5.73 Å². The largest absolute Gasteiger partial charge is 0.340 e. The van der Waals surface area contributed by atoms with Crippen molar-refractivity contribution in [3.05, 3.63) is 63.1 Å². The Bertz CT molecular complexity index is 1100. The number of nitrogens with zero attached hydrogens (tertiary/aromatic N) is 5. The van der Waals surface area contributed by atoms with Crippen molar-refractivity contribution >= 4 is 17.1 Å². The van der Waals surface area contributed by atoms with Crippen LogP contribution >= 0.6 is 0 Å². The fourth-order valence-corrected chi connectivity index (χ4v) is 3.20. The summed E-state index contributed by atoms with van der Waals surface area (Å²) in [6.07, 6.45) is 2.14. The van der Waals surface area contributed by atoms with E-state index in [1.54, 1.807) is 16.5 Å². The predicted octanol–water partition coefficient (Wildman–Crippen LogP) is -0.536. The maximum Gasteiger partial charge on any atom is 0.332 e. The maximum atomic E-state index is 12.8. The van der Waals surface area contributed by atoms with Gasteiger partial charge < -0.3 is 15.2 Å². The van der Waals surface area contributed by atoms with Crippen molar-refractivity contribution in [2.75, 3.05) is 19.6 Å². The molecule has 0 fully saturated rings. The second-order valence-electron chi connectivity index (χ2n) is 6.67. The van der Waals surface area contributed by atoms with Crippen LogP contribution in [0.2, 0.25) is 0 Å². The first-order chi connectivity index (χ1) is 13.4. The summed E-state index contributed by atoms with van der Waals surface area (Å²) in [5.41, 5.74) is 6.24. The predicted molar refractivity (Wildman–Crippen MR) is 106 cm³/mol. The molecule has 1 amide bonds. The Hall–Kier alpha value is -3.20. The van der Waals surface area contributed by atoms with Gasteiger partial charge in [0.15, 0.2) is 11.2 Å². The molecular formula is C19H24N6O3. The van der Waals surface area contributed by atoms with E-state index in [0.29, 0.717) is 31.7 Å². The van der Waals surface area contributed by atoms with Gasteiger partial charge in [-0.3, -0.25) is 14.2 Å². The Labute approximate surface area is 161 Å². The second kappa shape index (κ2) is 8.22. The molecule has 9 heteroatoms. The lowest BCUT2D eigenvalue weighted by atomic mass is 10.1. The van der Waals surface area contributed by atoms with Crippen molar-refractivity contribution in [1.82, 2.24) is 23.6 Å². The molecule has 0 unspecified atom stereocenters. The maximum absolute atomic E-state index is 12.8. The smallest absolute Gasteiger partial charge is 0.332 e. The number of carbonyl (C=O) groups is 1. The number of benzene rings is 1. The normalized spacial score (nSPS) is 11.1. The van der Waals surface area contributed by atoms with E-state index in [1.807, 2.05) is 30.3 Å². The number of rotatable bonds is 7. The van der Waals surface area contributed by atoms with Gasteiger partial charge >= 0.3 is 5.69 Å². The molecule has 0 saturated heterocycles. The van der Waals surface area contributed by atoms with E-state index in [9.17, 15) is 14.4 Å². The van der Waals surface area contributed by atoms with Crippen LogP contribution in [0.5, 0.6) is 0 Å². The molecule has 0 aliphatic carbocycles. The highest BCUT2D eigenvalue weighted by molar-refractivity contribution is 5.77. The van der Waals surface area contributed by atoms with Gasteiger partial charge in [-0.15, -0.1) is 0 Å². The van der Waals surface area contributed by atoms with Crippen LogP contribution in [-0.2, 0) is 31.9 Å². The van der Waals surface area contributed by atoms with E-state index >= 15 is 0 Å². The molecule has 28 heavy (non-hydrogen) atoms. The number of aromatic nitrogens is 4. The monoisotopic (exact) mass is 384 g/mol. The molecule has 148 valence electrons. The number of hydrogen-bond donors (Lipinski definition) is 1. The number of aryl methyl sites for hydroxylation is 2. The van der Waals surface area contributed by atoms with Gasteiger partial charge in [-0.1, -0.05) is 30.3 Å². The lowest BCUT2D eigenvalue weighted by Gasteiger charge is -2.22. The highest BCUT2D eigenvalue weighted by Crippen LogP contribution is 2.04. The van der Waals surface area contributed by atoms with E-state index in [2.05, 4.69) is 4.98 Å². The van der Waals surface area contributed by atoms with Crippen molar-refractivity contribution in [3.63, 3.8) is 0 Å². The zero-order chi connectivity index (χ0) is 20.3. The second-order valence-corrected chi connectivity index (χ2v) is 6.67. The number of nitrogens with two attached hydrogens (primary N) is 1. The molecule has 9 nitrogen and oxygen atoms in total. The zero-order valence-corrected chi connectivity index (χ0v) is 16.0. The van der Waals surface area contributed by atoms with E-state index in [0.717, 1.165) is 10.1 Å². The number of carbonyl (C=O) groups excluding carboxylic acids is 1. The number of fused-ring (bicyclic) bond motifs is 1. The summed E-state index contributed by atoms with van der Waals surface area (Å²) in [5, 5.41) is 0. The summed E-state index contributed by atoms with van der Waals surface area (Å²) < 4.78 is 3.78. The van der Waals surface area contributed by atoms with Gasteiger partial charge in [0.05, 0.1) is 6.33 Å². The summed E-state index contributed by atoms with van der Waals surface area (Å²) in [5.74, 6) is -0.318. The Kier molecular flexibility index (Phi) is 5.74. The molecule has 0 bridgehead atoms. The first kappa shape index (κ1) is 19.6. The fourth-order valence-electron chi connectivity index (χ4n) is 3.20. The molecule has 0 aliphatic rings. The number of imidazole rings is 1. The minimum atomic E-state index is -0.569. The molecule has 2 heterocycles. The van der Waals surface area contributed by atoms with Crippen molar-refractivity contribution in [1.29, 1.82) is 0 Å². The molecule has 0 aliphatic heterocycles. The zero-order valence-electron chi connectivity index (χ0n) is 16.0.